The molecule has 3 heterocycles. The minimum absolute atomic E-state index is 0.0554. The van der Waals surface area contributed by atoms with Crippen LogP contribution in [0.4, 0.5) is 11.4 Å². The molecule has 1 saturated heterocycles. The van der Waals surface area contributed by atoms with Crippen LogP contribution in [0.2, 0.25) is 0 Å². The third kappa shape index (κ3) is 4.86. The summed E-state index contributed by atoms with van der Waals surface area (Å²) < 4.78 is 1.40. The average Bonchev–Trinajstić information content (AvgIpc) is 2.95. The smallest absolute Gasteiger partial charge is 0.359 e. The van der Waals surface area contributed by atoms with Gasteiger partial charge in [0.2, 0.25) is 6.54 Å². The molecular formula is C29H28N6O3. The van der Waals surface area contributed by atoms with Gasteiger partial charge in [-0.15, -0.1) is 0 Å². The van der Waals surface area contributed by atoms with Crippen molar-refractivity contribution in [2.45, 2.75) is 19.0 Å². The van der Waals surface area contributed by atoms with Crippen molar-refractivity contribution < 1.29 is 4.92 Å². The molecule has 192 valence electrons. The van der Waals surface area contributed by atoms with Crippen molar-refractivity contribution in [1.29, 1.82) is 0 Å². The molecular weight excluding hydrogens is 480 g/mol. The van der Waals surface area contributed by atoms with Crippen LogP contribution >= 0.6 is 0 Å². The first-order valence-electron chi connectivity index (χ1n) is 12.7. The molecule has 2 aromatic heterocycles. The second-order valence-corrected chi connectivity index (χ2v) is 9.26. The first kappa shape index (κ1) is 25.1. The lowest BCUT2D eigenvalue weighted by Gasteiger charge is -2.40. The van der Waals surface area contributed by atoms with Crippen LogP contribution in [-0.2, 0) is 6.54 Å². The van der Waals surface area contributed by atoms with Crippen molar-refractivity contribution in [3.05, 3.63) is 122 Å². The minimum atomic E-state index is -0.649. The molecule has 1 fully saturated rings. The van der Waals surface area contributed by atoms with E-state index < -0.39 is 16.2 Å². The Hall–Kier alpha value is -4.55. The molecule has 0 spiro atoms. The number of aromatic nitrogens is 2. The number of pyridine rings is 2. The van der Waals surface area contributed by atoms with Crippen LogP contribution in [-0.4, -0.2) is 52.1 Å². The van der Waals surface area contributed by atoms with E-state index in [9.17, 15) is 14.9 Å². The molecule has 0 bridgehead atoms. The zero-order chi connectivity index (χ0) is 26.5. The highest BCUT2D eigenvalue weighted by atomic mass is 16.6. The van der Waals surface area contributed by atoms with E-state index in [1.807, 2.05) is 41.3 Å². The van der Waals surface area contributed by atoms with Crippen LogP contribution in [0.3, 0.4) is 0 Å². The zero-order valence-electron chi connectivity index (χ0n) is 20.9. The fraction of sp³-hybridized carbons (Fsp3) is 0.276. The van der Waals surface area contributed by atoms with Crippen molar-refractivity contribution >= 4 is 22.4 Å². The molecule has 1 aliphatic heterocycles. The van der Waals surface area contributed by atoms with Crippen molar-refractivity contribution in [2.75, 3.05) is 37.6 Å². The van der Waals surface area contributed by atoms with Gasteiger partial charge >= 0.3 is 11.2 Å². The predicted octanol–water partition coefficient (Wildman–Crippen LogP) is 4.53. The molecule has 0 N–H and O–H groups in total. The largest absolute Gasteiger partial charge is 0.361 e. The van der Waals surface area contributed by atoms with Gasteiger partial charge in [-0.3, -0.25) is 24.8 Å². The van der Waals surface area contributed by atoms with Crippen molar-refractivity contribution in [3.63, 3.8) is 0 Å². The number of aryl methyl sites for hydroxylation is 1. The van der Waals surface area contributed by atoms with E-state index in [1.54, 1.807) is 18.3 Å². The van der Waals surface area contributed by atoms with Crippen molar-refractivity contribution in [2.24, 2.45) is 0 Å². The summed E-state index contributed by atoms with van der Waals surface area (Å²) >= 11 is 0. The van der Waals surface area contributed by atoms with E-state index in [4.69, 9.17) is 6.57 Å². The number of anilines is 1. The lowest BCUT2D eigenvalue weighted by atomic mass is 9.96. The average molecular weight is 509 g/mol. The van der Waals surface area contributed by atoms with Gasteiger partial charge in [-0.2, -0.15) is 0 Å². The van der Waals surface area contributed by atoms with E-state index in [2.05, 4.69) is 39.0 Å². The summed E-state index contributed by atoms with van der Waals surface area (Å²) in [5.74, 6) is 0. The Balaban J connectivity index is 1.51. The Labute approximate surface area is 220 Å². The molecule has 5 rings (SSSR count). The summed E-state index contributed by atoms with van der Waals surface area (Å²) in [5.41, 5.74) is 2.56. The fourth-order valence-electron chi connectivity index (χ4n) is 5.33. The lowest BCUT2D eigenvalue weighted by Crippen LogP contribution is -2.48. The Morgan fingerprint density at radius 2 is 1.58 bits per heavy atom. The van der Waals surface area contributed by atoms with E-state index in [1.165, 1.54) is 15.7 Å². The molecule has 9 heteroatoms. The van der Waals surface area contributed by atoms with Gasteiger partial charge in [-0.25, -0.2) is 6.57 Å². The standard InChI is InChI=1S/C29H28N6O3/c1-30-15-9-17-34-24-14-8-16-31-25(24)27(28(29(34)36)35(37)38)33-20-18-32(19-21-33)26(22-10-4-2-5-11-22)23-12-6-3-7-13-23/h2-8,10-14,16,26H,9,15,17-21H2. The number of hydrogen-bond donors (Lipinski definition) is 0. The maximum atomic E-state index is 13.4. The first-order valence-corrected chi connectivity index (χ1v) is 12.7. The topological polar surface area (TPSA) is 88.9 Å². The second-order valence-electron chi connectivity index (χ2n) is 9.26. The summed E-state index contributed by atoms with van der Waals surface area (Å²) in [6.45, 7) is 9.86. The fourth-order valence-corrected chi connectivity index (χ4v) is 5.33. The highest BCUT2D eigenvalue weighted by Gasteiger charge is 2.33. The first-order chi connectivity index (χ1) is 18.6. The normalized spacial score (nSPS) is 14.1. The number of nitro groups is 1. The number of rotatable bonds is 8. The summed E-state index contributed by atoms with van der Waals surface area (Å²) in [6, 6.07) is 24.2. The highest BCUT2D eigenvalue weighted by molar-refractivity contribution is 5.93. The van der Waals surface area contributed by atoms with Crippen LogP contribution in [0.15, 0.2) is 83.8 Å². The van der Waals surface area contributed by atoms with Gasteiger partial charge in [0.25, 0.3) is 0 Å². The third-order valence-electron chi connectivity index (χ3n) is 7.03. The monoisotopic (exact) mass is 508 g/mol. The molecule has 4 aromatic rings. The van der Waals surface area contributed by atoms with Gasteiger partial charge < -0.3 is 14.3 Å². The molecule has 0 saturated carbocycles. The van der Waals surface area contributed by atoms with Crippen molar-refractivity contribution in [1.82, 2.24) is 14.5 Å². The Bertz CT molecular complexity index is 1480. The Kier molecular flexibility index (Phi) is 7.43. The summed E-state index contributed by atoms with van der Waals surface area (Å²) in [6.07, 6.45) is 2.03. The maximum Gasteiger partial charge on any atom is 0.359 e. The number of hydrogen-bond acceptors (Lipinski definition) is 6. The summed E-state index contributed by atoms with van der Waals surface area (Å²) in [5, 5.41) is 12.2. The molecule has 0 unspecified atom stereocenters. The Morgan fingerprint density at radius 1 is 0.947 bits per heavy atom. The van der Waals surface area contributed by atoms with E-state index >= 15 is 0 Å². The molecule has 0 radical (unpaired) electrons. The number of fused-ring (bicyclic) bond motifs is 1. The van der Waals surface area contributed by atoms with Crippen LogP contribution in [0, 0.1) is 16.7 Å². The van der Waals surface area contributed by atoms with E-state index in [0.29, 0.717) is 43.6 Å². The quantitative estimate of drug-likeness (QED) is 0.150. The van der Waals surface area contributed by atoms with Crippen LogP contribution < -0.4 is 10.5 Å². The minimum Gasteiger partial charge on any atom is -0.361 e. The maximum absolute atomic E-state index is 13.4. The molecule has 1 aliphatic rings. The molecule has 0 atom stereocenters. The van der Waals surface area contributed by atoms with Crippen molar-refractivity contribution in [3.8, 4) is 0 Å². The lowest BCUT2D eigenvalue weighted by molar-refractivity contribution is -0.385. The third-order valence-corrected chi connectivity index (χ3v) is 7.03. The van der Waals surface area contributed by atoms with E-state index in [0.717, 1.165) is 0 Å². The van der Waals surface area contributed by atoms with E-state index in [-0.39, 0.29) is 24.8 Å². The zero-order valence-corrected chi connectivity index (χ0v) is 20.9. The SMILES string of the molecule is [C-]#[N+]CCCn1c(=O)c([N+](=O)[O-])c(N2CCN(C(c3ccccc3)c3ccccc3)CC2)c2ncccc21. The molecule has 9 nitrogen and oxygen atoms in total. The molecule has 38 heavy (non-hydrogen) atoms. The number of nitrogens with zero attached hydrogens (tertiary/aromatic N) is 6. The molecule has 0 amide bonds. The molecule has 2 aromatic carbocycles. The summed E-state index contributed by atoms with van der Waals surface area (Å²) in [7, 11) is 0. The van der Waals surface area contributed by atoms with Gasteiger partial charge in [-0.05, 0) is 23.3 Å². The van der Waals surface area contributed by atoms with Gasteiger partial charge in [0, 0.05) is 45.3 Å². The van der Waals surface area contributed by atoms with Gasteiger partial charge in [-0.1, -0.05) is 60.7 Å². The number of piperazine rings is 1. The van der Waals surface area contributed by atoms with Gasteiger partial charge in [0.05, 0.1) is 16.5 Å². The summed E-state index contributed by atoms with van der Waals surface area (Å²) in [4.78, 5) is 37.2. The second kappa shape index (κ2) is 11.2. The van der Waals surface area contributed by atoms with Gasteiger partial charge in [0.15, 0.2) is 0 Å². The van der Waals surface area contributed by atoms with Crippen LogP contribution in [0.1, 0.15) is 23.6 Å². The van der Waals surface area contributed by atoms with Crippen LogP contribution in [0.25, 0.3) is 15.9 Å². The van der Waals surface area contributed by atoms with Crippen LogP contribution in [0.5, 0.6) is 0 Å². The predicted molar refractivity (Wildman–Crippen MR) is 147 cm³/mol. The highest BCUT2D eigenvalue weighted by Crippen LogP contribution is 2.35. The number of benzene rings is 2. The van der Waals surface area contributed by atoms with Gasteiger partial charge in [0.1, 0.15) is 11.2 Å². The Morgan fingerprint density at radius 3 is 2.16 bits per heavy atom. The molecule has 0 aliphatic carbocycles.